The maximum Gasteiger partial charge on any atom is 0.261 e. The van der Waals surface area contributed by atoms with Crippen molar-refractivity contribution >= 4 is 28.3 Å². The Morgan fingerprint density at radius 2 is 1.90 bits per heavy atom. The second-order valence-electron chi connectivity index (χ2n) is 6.93. The predicted octanol–water partition coefficient (Wildman–Crippen LogP) is 3.81. The molecule has 0 bridgehead atoms. The summed E-state index contributed by atoms with van der Waals surface area (Å²) in [5.41, 5.74) is 10.2. The van der Waals surface area contributed by atoms with Gasteiger partial charge in [0.1, 0.15) is 5.75 Å². The quantitative estimate of drug-likeness (QED) is 0.650. The molecule has 3 N–H and O–H groups in total. The van der Waals surface area contributed by atoms with Gasteiger partial charge in [-0.05, 0) is 55.0 Å². The number of hydrogen-bond acceptors (Lipinski definition) is 5. The number of aromatic nitrogens is 1. The summed E-state index contributed by atoms with van der Waals surface area (Å²) in [4.78, 5) is 28.2. The first-order chi connectivity index (χ1) is 14.1. The zero-order valence-corrected chi connectivity index (χ0v) is 16.6. The third-order valence-corrected chi connectivity index (χ3v) is 5.63. The molecule has 4 rings (SSSR count). The highest BCUT2D eigenvalue weighted by Gasteiger charge is 2.16. The van der Waals surface area contributed by atoms with Crippen LogP contribution in [0, 0.1) is 0 Å². The van der Waals surface area contributed by atoms with Gasteiger partial charge in [0.15, 0.2) is 11.7 Å². The summed E-state index contributed by atoms with van der Waals surface area (Å²) in [6.07, 6.45) is 4.74. The maximum atomic E-state index is 12.7. The Labute approximate surface area is 172 Å². The van der Waals surface area contributed by atoms with Crippen LogP contribution in [-0.4, -0.2) is 23.4 Å². The second kappa shape index (κ2) is 8.45. The summed E-state index contributed by atoms with van der Waals surface area (Å²) in [5, 5.41) is 5.26. The van der Waals surface area contributed by atoms with Gasteiger partial charge in [-0.3, -0.25) is 14.9 Å². The molecule has 0 spiro atoms. The van der Waals surface area contributed by atoms with Gasteiger partial charge in [-0.15, -0.1) is 11.3 Å². The van der Waals surface area contributed by atoms with Crippen LogP contribution >= 0.6 is 11.3 Å². The van der Waals surface area contributed by atoms with Crippen molar-refractivity contribution in [2.45, 2.75) is 25.7 Å². The molecule has 6 nitrogen and oxygen atoms in total. The molecule has 1 aliphatic carbocycles. The van der Waals surface area contributed by atoms with Crippen molar-refractivity contribution in [1.29, 1.82) is 0 Å². The van der Waals surface area contributed by atoms with Gasteiger partial charge in [0.05, 0.1) is 11.3 Å². The molecular formula is C22H21N3O3S. The molecule has 2 amide bonds. The molecule has 0 radical (unpaired) electrons. The van der Waals surface area contributed by atoms with E-state index in [4.69, 9.17) is 10.5 Å². The molecule has 7 heteroatoms. The molecule has 148 valence electrons. The van der Waals surface area contributed by atoms with E-state index in [-0.39, 0.29) is 12.5 Å². The lowest BCUT2D eigenvalue weighted by atomic mass is 9.90. The van der Waals surface area contributed by atoms with Gasteiger partial charge in [0.2, 0.25) is 0 Å². The Morgan fingerprint density at radius 3 is 2.72 bits per heavy atom. The number of amides is 2. The number of anilines is 1. The van der Waals surface area contributed by atoms with E-state index in [1.807, 2.05) is 5.38 Å². The van der Waals surface area contributed by atoms with Crippen LogP contribution in [0.25, 0.3) is 11.3 Å². The number of ether oxygens (including phenoxy) is 1. The Balaban J connectivity index is 1.50. The average Bonchev–Trinajstić information content (AvgIpc) is 3.20. The predicted molar refractivity (Wildman–Crippen MR) is 113 cm³/mol. The lowest BCUT2D eigenvalue weighted by Crippen LogP contribution is -2.21. The van der Waals surface area contributed by atoms with Crippen molar-refractivity contribution in [2.24, 2.45) is 5.73 Å². The monoisotopic (exact) mass is 407 g/mol. The molecule has 3 aromatic rings. The lowest BCUT2D eigenvalue weighted by Gasteiger charge is -2.16. The number of thiazole rings is 1. The number of nitrogens with one attached hydrogen (secondary N) is 1. The summed E-state index contributed by atoms with van der Waals surface area (Å²) < 4.78 is 5.33. The average molecular weight is 407 g/mol. The smallest absolute Gasteiger partial charge is 0.261 e. The number of rotatable bonds is 6. The van der Waals surface area contributed by atoms with E-state index < -0.39 is 5.91 Å². The van der Waals surface area contributed by atoms with Crippen LogP contribution in [0.1, 0.15) is 34.3 Å². The Hall–Kier alpha value is -3.19. The zero-order chi connectivity index (χ0) is 20.2. The van der Waals surface area contributed by atoms with Crippen LogP contribution in [0.4, 0.5) is 5.13 Å². The van der Waals surface area contributed by atoms with Crippen molar-refractivity contribution in [3.8, 4) is 17.0 Å². The number of carbonyl (C=O) groups excluding carboxylic acids is 2. The van der Waals surface area contributed by atoms with Crippen LogP contribution < -0.4 is 15.8 Å². The normalized spacial score (nSPS) is 12.8. The number of nitrogens with two attached hydrogens (primary N) is 1. The zero-order valence-electron chi connectivity index (χ0n) is 15.8. The number of aryl methyl sites for hydroxylation is 2. The van der Waals surface area contributed by atoms with Gasteiger partial charge < -0.3 is 10.5 Å². The molecule has 0 saturated heterocycles. The Morgan fingerprint density at radius 1 is 1.10 bits per heavy atom. The molecule has 29 heavy (non-hydrogen) atoms. The van der Waals surface area contributed by atoms with E-state index in [1.54, 1.807) is 24.3 Å². The number of benzene rings is 2. The molecule has 0 unspecified atom stereocenters. The van der Waals surface area contributed by atoms with Crippen LogP contribution in [0.2, 0.25) is 0 Å². The topological polar surface area (TPSA) is 94.3 Å². The first kappa shape index (κ1) is 19.1. The van der Waals surface area contributed by atoms with Crippen molar-refractivity contribution in [1.82, 2.24) is 4.98 Å². The van der Waals surface area contributed by atoms with Crippen LogP contribution in [0.15, 0.2) is 47.8 Å². The molecule has 2 aromatic carbocycles. The van der Waals surface area contributed by atoms with Crippen molar-refractivity contribution in [3.05, 3.63) is 64.5 Å². The summed E-state index contributed by atoms with van der Waals surface area (Å²) in [5.74, 6) is -0.651. The van der Waals surface area contributed by atoms with Crippen LogP contribution in [0.3, 0.4) is 0 Å². The summed E-state index contributed by atoms with van der Waals surface area (Å²) in [6.45, 7) is -0.288. The number of primary amides is 1. The van der Waals surface area contributed by atoms with E-state index in [0.29, 0.717) is 16.4 Å². The molecule has 0 aliphatic heterocycles. The number of fused-ring (bicyclic) bond motifs is 1. The molecule has 1 heterocycles. The lowest BCUT2D eigenvalue weighted by molar-refractivity contribution is -0.119. The van der Waals surface area contributed by atoms with Crippen molar-refractivity contribution in [3.63, 3.8) is 0 Å². The fraction of sp³-hybridized carbons (Fsp3) is 0.227. The first-order valence-corrected chi connectivity index (χ1v) is 10.4. The Bertz CT molecular complexity index is 1060. The van der Waals surface area contributed by atoms with Crippen LogP contribution in [0.5, 0.6) is 5.75 Å². The van der Waals surface area contributed by atoms with E-state index in [2.05, 4.69) is 28.5 Å². The molecular weight excluding hydrogens is 386 g/mol. The minimum absolute atomic E-state index is 0.288. The van der Waals surface area contributed by atoms with Gasteiger partial charge in [-0.25, -0.2) is 4.98 Å². The van der Waals surface area contributed by atoms with Crippen molar-refractivity contribution < 1.29 is 14.3 Å². The molecule has 0 fully saturated rings. The molecule has 1 aliphatic rings. The third-order valence-electron chi connectivity index (χ3n) is 4.87. The van der Waals surface area contributed by atoms with Gasteiger partial charge in [0.25, 0.3) is 11.8 Å². The molecule has 1 aromatic heterocycles. The first-order valence-electron chi connectivity index (χ1n) is 9.49. The van der Waals surface area contributed by atoms with Gasteiger partial charge in [-0.2, -0.15) is 0 Å². The highest BCUT2D eigenvalue weighted by molar-refractivity contribution is 7.14. The third kappa shape index (κ3) is 4.46. The largest absolute Gasteiger partial charge is 0.483 e. The number of nitrogens with zero attached hydrogens (tertiary/aromatic N) is 1. The molecule has 0 atom stereocenters. The number of para-hydroxylation sites is 1. The van der Waals surface area contributed by atoms with E-state index in [1.165, 1.54) is 35.3 Å². The SMILES string of the molecule is NC(=O)COc1ccccc1C(=O)Nc1nc(-c2ccc3c(c2)CCCC3)cs1. The standard InChI is InChI=1S/C22H21N3O3S/c23-20(26)12-28-19-8-4-3-7-17(19)21(27)25-22-24-18(13-29-22)16-10-9-14-5-1-2-6-15(14)11-16/h3-4,7-11,13H,1-2,5-6,12H2,(H2,23,26)(H,24,25,27). The minimum Gasteiger partial charge on any atom is -0.483 e. The van der Waals surface area contributed by atoms with E-state index in [9.17, 15) is 9.59 Å². The number of hydrogen-bond donors (Lipinski definition) is 2. The number of carbonyl (C=O) groups is 2. The van der Waals surface area contributed by atoms with Gasteiger partial charge in [0, 0.05) is 10.9 Å². The highest BCUT2D eigenvalue weighted by atomic mass is 32.1. The van der Waals surface area contributed by atoms with Gasteiger partial charge >= 0.3 is 0 Å². The molecule has 0 saturated carbocycles. The summed E-state index contributed by atoms with van der Waals surface area (Å²) in [6, 6.07) is 13.2. The summed E-state index contributed by atoms with van der Waals surface area (Å²) in [7, 11) is 0. The minimum atomic E-state index is -0.602. The fourth-order valence-corrected chi connectivity index (χ4v) is 4.16. The van der Waals surface area contributed by atoms with Crippen LogP contribution in [-0.2, 0) is 17.6 Å². The van der Waals surface area contributed by atoms with Crippen molar-refractivity contribution in [2.75, 3.05) is 11.9 Å². The van der Waals surface area contributed by atoms with Gasteiger partial charge in [-0.1, -0.05) is 24.3 Å². The maximum absolute atomic E-state index is 12.7. The summed E-state index contributed by atoms with van der Waals surface area (Å²) >= 11 is 1.37. The second-order valence-corrected chi connectivity index (χ2v) is 7.79. The Kier molecular flexibility index (Phi) is 5.57. The fourth-order valence-electron chi connectivity index (χ4n) is 3.45. The van der Waals surface area contributed by atoms with E-state index >= 15 is 0 Å². The van der Waals surface area contributed by atoms with E-state index in [0.717, 1.165) is 24.1 Å². The highest BCUT2D eigenvalue weighted by Crippen LogP contribution is 2.30.